The average Bonchev–Trinajstić information content (AvgIpc) is 3.33. The van der Waals surface area contributed by atoms with Gasteiger partial charge in [0, 0.05) is 12.7 Å². The number of carboxylic acid groups (broad SMARTS) is 1. The van der Waals surface area contributed by atoms with Gasteiger partial charge in [-0.05, 0) is 36.6 Å². The minimum atomic E-state index is -5.63. The molecule has 1 aromatic carbocycles. The van der Waals surface area contributed by atoms with E-state index in [0.717, 1.165) is 13.2 Å². The second-order valence-corrected chi connectivity index (χ2v) is 8.31. The maximum Gasteiger partial charge on any atom is 0.430 e. The van der Waals surface area contributed by atoms with E-state index in [4.69, 9.17) is 14.3 Å². The van der Waals surface area contributed by atoms with Crippen molar-refractivity contribution in [3.63, 3.8) is 0 Å². The molecule has 6 bridgehead atoms. The molecule has 2 aromatic heterocycles. The Morgan fingerprint density at radius 1 is 1.18 bits per heavy atom. The van der Waals surface area contributed by atoms with E-state index in [9.17, 15) is 40.6 Å². The Kier molecular flexibility index (Phi) is 7.12. The summed E-state index contributed by atoms with van der Waals surface area (Å²) in [5, 5.41) is 28.2. The molecular weight excluding hydrogens is 545 g/mol. The number of benzene rings is 1. The smallest absolute Gasteiger partial charge is 0.430 e. The largest absolute Gasteiger partial charge is 0.465 e. The van der Waals surface area contributed by atoms with E-state index in [1.165, 1.54) is 12.2 Å². The molecule has 0 radical (unpaired) electrons. The average molecular weight is 562 g/mol. The molecule has 3 heterocycles. The van der Waals surface area contributed by atoms with Crippen molar-refractivity contribution < 1.29 is 54.9 Å². The van der Waals surface area contributed by atoms with E-state index in [1.54, 1.807) is 5.32 Å². The fraction of sp³-hybridized carbons (Fsp3) is 0.304. The molecule has 1 aliphatic rings. The van der Waals surface area contributed by atoms with Crippen molar-refractivity contribution in [1.82, 2.24) is 15.2 Å². The van der Waals surface area contributed by atoms with Gasteiger partial charge in [0.05, 0.1) is 23.0 Å². The summed E-state index contributed by atoms with van der Waals surface area (Å²) in [6.45, 7) is 0. The number of rotatable bonds is 2. The molecule has 0 fully saturated rings. The van der Waals surface area contributed by atoms with Crippen LogP contribution in [0.4, 0.5) is 41.2 Å². The number of aromatic nitrogens is 3. The zero-order valence-corrected chi connectivity index (χ0v) is 19.6. The van der Waals surface area contributed by atoms with Gasteiger partial charge < -0.3 is 19.4 Å². The predicted molar refractivity (Wildman–Crippen MR) is 118 cm³/mol. The first-order valence-electron chi connectivity index (χ1n) is 10.9. The Morgan fingerprint density at radius 3 is 2.51 bits per heavy atom. The van der Waals surface area contributed by atoms with Crippen LogP contribution in [-0.4, -0.2) is 44.8 Å². The Balaban J connectivity index is 2.07. The molecule has 0 spiro atoms. The number of fused-ring (bicyclic) bond motifs is 7. The molecule has 0 saturated carbocycles. The van der Waals surface area contributed by atoms with E-state index >= 15 is 0 Å². The normalized spacial score (nSPS) is 19.8. The Hall–Kier alpha value is -4.05. The number of amides is 1. The summed E-state index contributed by atoms with van der Waals surface area (Å²) in [6, 6.07) is 2.85. The zero-order valence-electron chi connectivity index (χ0n) is 19.6. The summed E-state index contributed by atoms with van der Waals surface area (Å²) in [6.07, 6.45) is -11.3. The molecule has 39 heavy (non-hydrogen) atoms. The summed E-state index contributed by atoms with van der Waals surface area (Å²) in [7, 11) is 1.11. The number of nitrogens with zero attached hydrogens (tertiary/aromatic N) is 3. The van der Waals surface area contributed by atoms with Crippen LogP contribution in [0.5, 0.6) is 0 Å². The van der Waals surface area contributed by atoms with Crippen molar-refractivity contribution in [3.8, 4) is 11.6 Å². The fourth-order valence-corrected chi connectivity index (χ4v) is 3.98. The van der Waals surface area contributed by atoms with Crippen LogP contribution in [0.2, 0.25) is 0 Å². The van der Waals surface area contributed by atoms with Gasteiger partial charge in [-0.2, -0.15) is 26.3 Å². The van der Waals surface area contributed by atoms with E-state index in [0.29, 0.717) is 18.2 Å². The first-order chi connectivity index (χ1) is 18.2. The number of hydrogen-bond acceptors (Lipinski definition) is 7. The molecular formula is C23H17F7N4O5. The Labute approximate surface area is 213 Å². The molecule has 4 rings (SSSR count). The molecule has 9 nitrogen and oxygen atoms in total. The van der Waals surface area contributed by atoms with E-state index in [-0.39, 0.29) is 18.4 Å². The summed E-state index contributed by atoms with van der Waals surface area (Å²) >= 11 is 0. The van der Waals surface area contributed by atoms with Gasteiger partial charge in [-0.3, -0.25) is 5.32 Å². The van der Waals surface area contributed by atoms with Crippen LogP contribution in [0.1, 0.15) is 47.2 Å². The predicted octanol–water partition coefficient (Wildman–Crippen LogP) is 5.67. The van der Waals surface area contributed by atoms with Crippen molar-refractivity contribution >= 4 is 17.9 Å². The lowest BCUT2D eigenvalue weighted by Gasteiger charge is -2.28. The zero-order chi connectivity index (χ0) is 28.8. The molecule has 3 aromatic rings. The molecule has 0 aliphatic carbocycles. The van der Waals surface area contributed by atoms with Crippen molar-refractivity contribution in [1.29, 1.82) is 0 Å². The number of carbonyl (C=O) groups is 1. The molecule has 2 unspecified atom stereocenters. The SMILES string of the molecule is COC1CCC=Cc2ccc(F)c(c2)C(O)(C(F)(F)F)c2nnc(o2)-c2nc1c(C(F)(F)F)cc2NC(=O)O. The number of methoxy groups -OCH3 is 1. The van der Waals surface area contributed by atoms with Crippen LogP contribution in [-0.2, 0) is 16.5 Å². The molecule has 2 atom stereocenters. The highest BCUT2D eigenvalue weighted by Gasteiger charge is 2.61. The third kappa shape index (κ3) is 5.16. The highest BCUT2D eigenvalue weighted by atomic mass is 19.4. The summed E-state index contributed by atoms with van der Waals surface area (Å²) in [5.41, 5.74) is -9.26. The fourth-order valence-electron chi connectivity index (χ4n) is 3.98. The van der Waals surface area contributed by atoms with E-state index in [2.05, 4.69) is 15.2 Å². The summed E-state index contributed by atoms with van der Waals surface area (Å²) in [4.78, 5) is 15.1. The van der Waals surface area contributed by atoms with Crippen LogP contribution in [0, 0.1) is 5.82 Å². The molecule has 208 valence electrons. The molecule has 16 heteroatoms. The topological polar surface area (TPSA) is 131 Å². The van der Waals surface area contributed by atoms with Crippen LogP contribution in [0.3, 0.4) is 0 Å². The number of ether oxygens (including phenoxy) is 1. The minimum Gasteiger partial charge on any atom is -0.465 e. The summed E-state index contributed by atoms with van der Waals surface area (Å²) in [5.74, 6) is -4.06. The van der Waals surface area contributed by atoms with Gasteiger partial charge in [-0.15, -0.1) is 10.2 Å². The highest BCUT2D eigenvalue weighted by Crippen LogP contribution is 2.46. The van der Waals surface area contributed by atoms with Gasteiger partial charge in [-0.25, -0.2) is 14.2 Å². The molecule has 1 amide bonds. The van der Waals surface area contributed by atoms with Gasteiger partial charge in [0.2, 0.25) is 0 Å². The van der Waals surface area contributed by atoms with Crippen LogP contribution >= 0.6 is 0 Å². The Morgan fingerprint density at radius 2 is 1.90 bits per heavy atom. The second kappa shape index (κ2) is 9.92. The Bertz CT molecular complexity index is 1440. The number of pyridine rings is 1. The molecule has 3 N–H and O–H groups in total. The number of alkyl halides is 6. The van der Waals surface area contributed by atoms with Gasteiger partial charge in [0.1, 0.15) is 5.82 Å². The van der Waals surface area contributed by atoms with Crippen molar-refractivity contribution in [2.24, 2.45) is 0 Å². The van der Waals surface area contributed by atoms with Crippen molar-refractivity contribution in [2.75, 3.05) is 12.4 Å². The number of nitrogens with one attached hydrogen (secondary N) is 1. The van der Waals surface area contributed by atoms with Gasteiger partial charge >= 0.3 is 18.4 Å². The lowest BCUT2D eigenvalue weighted by atomic mass is 9.90. The maximum atomic E-state index is 14.7. The van der Waals surface area contributed by atoms with Crippen LogP contribution < -0.4 is 5.32 Å². The first-order valence-corrected chi connectivity index (χ1v) is 10.9. The van der Waals surface area contributed by atoms with Gasteiger partial charge in [-0.1, -0.05) is 18.2 Å². The molecule has 1 aliphatic heterocycles. The lowest BCUT2D eigenvalue weighted by Crippen LogP contribution is -2.44. The highest BCUT2D eigenvalue weighted by molar-refractivity contribution is 5.88. The third-order valence-electron chi connectivity index (χ3n) is 5.82. The summed E-state index contributed by atoms with van der Waals surface area (Å²) < 4.78 is 110. The standard InChI is InChI=1S/C23H17F7N4O5/c1-38-15-5-3-2-4-10-6-7-13(24)11(8-10)21(37,23(28,29)30)19-34-33-18(39-19)17-14(31-20(35)36)9-12(16(15)32-17)22(25,26)27/h2,4,6-9,15,31,37H,3,5H2,1H3,(H,35,36). The van der Waals surface area contributed by atoms with Crippen LogP contribution in [0.25, 0.3) is 17.7 Å². The third-order valence-corrected chi connectivity index (χ3v) is 5.82. The maximum absolute atomic E-state index is 14.7. The second-order valence-electron chi connectivity index (χ2n) is 8.31. The number of halogens is 7. The van der Waals surface area contributed by atoms with E-state index < -0.39 is 76.0 Å². The quantitative estimate of drug-likeness (QED) is 0.341. The van der Waals surface area contributed by atoms with Gasteiger partial charge in [0.15, 0.2) is 5.69 Å². The number of anilines is 1. The first kappa shape index (κ1) is 28.0. The lowest BCUT2D eigenvalue weighted by molar-refractivity contribution is -0.256. The van der Waals surface area contributed by atoms with Crippen molar-refractivity contribution in [3.05, 3.63) is 64.4 Å². The van der Waals surface area contributed by atoms with Gasteiger partial charge in [0.25, 0.3) is 17.4 Å². The van der Waals surface area contributed by atoms with Crippen molar-refractivity contribution in [2.45, 2.75) is 36.9 Å². The van der Waals surface area contributed by atoms with E-state index in [1.807, 2.05) is 0 Å². The number of hydrogen-bond donors (Lipinski definition) is 3. The monoisotopic (exact) mass is 562 g/mol. The van der Waals surface area contributed by atoms with Crippen LogP contribution in [0.15, 0.2) is 34.8 Å². The number of allylic oxidation sites excluding steroid dienone is 1. The minimum absolute atomic E-state index is 0.0141. The number of aliphatic hydroxyl groups is 1. The molecule has 0 saturated heterocycles.